The summed E-state index contributed by atoms with van der Waals surface area (Å²) in [5, 5.41) is 7.12. The average Bonchev–Trinajstić information content (AvgIpc) is 2.30. The average molecular weight is 182 g/mol. The maximum absolute atomic E-state index is 7.12. The molecule has 0 aliphatic heterocycles. The Hall–Kier alpha value is -1.96. The molecule has 2 nitrogen and oxygen atoms in total. The van der Waals surface area contributed by atoms with Crippen molar-refractivity contribution in [2.24, 2.45) is 0 Å². The molecular weight excluding hydrogens is 172 g/mol. The first kappa shape index (κ1) is 8.63. The second-order valence-corrected chi connectivity index (χ2v) is 2.96. The first-order chi connectivity index (χ1) is 6.90. The second kappa shape index (κ2) is 3.83. The maximum Gasteiger partial charge on any atom is 0.0812 e. The van der Waals surface area contributed by atoms with Crippen molar-refractivity contribution in [3.63, 3.8) is 0 Å². The summed E-state index contributed by atoms with van der Waals surface area (Å²) < 4.78 is 0. The molecule has 2 heteroatoms. The molecule has 68 valence electrons. The van der Waals surface area contributed by atoms with E-state index in [0.717, 1.165) is 11.3 Å². The predicted octanol–water partition coefficient (Wildman–Crippen LogP) is 2.75. The summed E-state index contributed by atoms with van der Waals surface area (Å²) in [7, 11) is 0. The first-order valence-corrected chi connectivity index (χ1v) is 4.43. The third-order valence-corrected chi connectivity index (χ3v) is 1.99. The van der Waals surface area contributed by atoms with Crippen molar-refractivity contribution in [3.8, 4) is 11.3 Å². The lowest BCUT2D eigenvalue weighted by Gasteiger charge is -2.00. The minimum atomic E-state index is 0.686. The molecule has 0 aliphatic rings. The van der Waals surface area contributed by atoms with Crippen LogP contribution in [0.1, 0.15) is 5.69 Å². The van der Waals surface area contributed by atoms with E-state index >= 15 is 0 Å². The lowest BCUT2D eigenvalue weighted by atomic mass is 10.1. The normalized spacial score (nSPS) is 9.71. The van der Waals surface area contributed by atoms with Gasteiger partial charge in [0.1, 0.15) is 0 Å². The summed E-state index contributed by atoms with van der Waals surface area (Å²) in [6.45, 7) is 0. The predicted molar refractivity (Wildman–Crippen MR) is 57.6 cm³/mol. The summed E-state index contributed by atoms with van der Waals surface area (Å²) in [5.74, 6) is 0. The molecule has 0 fully saturated rings. The van der Waals surface area contributed by atoms with Gasteiger partial charge in [-0.3, -0.25) is 0 Å². The van der Waals surface area contributed by atoms with Crippen molar-refractivity contribution in [2.45, 2.75) is 0 Å². The van der Waals surface area contributed by atoms with Crippen molar-refractivity contribution >= 4 is 6.21 Å². The van der Waals surface area contributed by atoms with Crippen LogP contribution in [0.4, 0.5) is 0 Å². The van der Waals surface area contributed by atoms with Gasteiger partial charge in [-0.2, -0.15) is 0 Å². The van der Waals surface area contributed by atoms with E-state index in [0.29, 0.717) is 5.69 Å². The van der Waals surface area contributed by atoms with Crippen molar-refractivity contribution in [1.82, 2.24) is 4.98 Å². The standard InChI is InChI=1S/C12H10N2/c13-9-11-7-4-8-12(14-11)10-5-2-1-3-6-10/h1-9,13H. The van der Waals surface area contributed by atoms with Gasteiger partial charge in [-0.1, -0.05) is 36.4 Å². The van der Waals surface area contributed by atoms with Crippen molar-refractivity contribution in [2.75, 3.05) is 0 Å². The first-order valence-electron chi connectivity index (χ1n) is 4.43. The van der Waals surface area contributed by atoms with Crippen molar-refractivity contribution in [1.29, 1.82) is 5.41 Å². The third kappa shape index (κ3) is 1.69. The van der Waals surface area contributed by atoms with E-state index in [4.69, 9.17) is 5.41 Å². The monoisotopic (exact) mass is 182 g/mol. The van der Waals surface area contributed by atoms with E-state index in [-0.39, 0.29) is 0 Å². The number of pyridine rings is 1. The van der Waals surface area contributed by atoms with Gasteiger partial charge in [0.15, 0.2) is 0 Å². The Bertz CT molecular complexity index is 435. The molecule has 0 aliphatic carbocycles. The molecule has 14 heavy (non-hydrogen) atoms. The van der Waals surface area contributed by atoms with Crippen LogP contribution in [0.15, 0.2) is 48.5 Å². The van der Waals surface area contributed by atoms with Crippen molar-refractivity contribution in [3.05, 3.63) is 54.2 Å². The van der Waals surface area contributed by atoms with Gasteiger partial charge in [-0.15, -0.1) is 0 Å². The molecule has 0 saturated carbocycles. The summed E-state index contributed by atoms with van der Waals surface area (Å²) >= 11 is 0. The third-order valence-electron chi connectivity index (χ3n) is 1.99. The maximum atomic E-state index is 7.12. The van der Waals surface area contributed by atoms with Gasteiger partial charge < -0.3 is 5.41 Å². The number of nitrogens with one attached hydrogen (secondary N) is 1. The van der Waals surface area contributed by atoms with Gasteiger partial charge >= 0.3 is 0 Å². The lowest BCUT2D eigenvalue weighted by Crippen LogP contribution is -1.88. The Labute approximate surface area is 82.8 Å². The van der Waals surface area contributed by atoms with Gasteiger partial charge in [0, 0.05) is 11.8 Å². The van der Waals surface area contributed by atoms with E-state index in [2.05, 4.69) is 4.98 Å². The zero-order valence-corrected chi connectivity index (χ0v) is 7.64. The highest BCUT2D eigenvalue weighted by molar-refractivity contribution is 5.75. The molecule has 2 rings (SSSR count). The molecule has 0 spiro atoms. The number of aromatic nitrogens is 1. The SMILES string of the molecule is N=Cc1cccc(-c2ccccc2)n1. The minimum absolute atomic E-state index is 0.686. The summed E-state index contributed by atoms with van der Waals surface area (Å²) in [6, 6.07) is 15.6. The Morgan fingerprint density at radius 2 is 1.71 bits per heavy atom. The number of hydrogen-bond donors (Lipinski definition) is 1. The zero-order chi connectivity index (χ0) is 9.80. The highest BCUT2D eigenvalue weighted by Gasteiger charge is 1.97. The molecule has 0 saturated heterocycles. The fourth-order valence-electron chi connectivity index (χ4n) is 1.30. The fraction of sp³-hybridized carbons (Fsp3) is 0. The van der Waals surface area contributed by atoms with Crippen LogP contribution in [0.2, 0.25) is 0 Å². The quantitative estimate of drug-likeness (QED) is 0.712. The molecule has 1 heterocycles. The van der Waals surface area contributed by atoms with E-state index < -0.39 is 0 Å². The molecule has 0 unspecified atom stereocenters. The van der Waals surface area contributed by atoms with E-state index in [9.17, 15) is 0 Å². The van der Waals surface area contributed by atoms with E-state index in [1.165, 1.54) is 6.21 Å². The van der Waals surface area contributed by atoms with E-state index in [1.807, 2.05) is 48.5 Å². The molecule has 0 atom stereocenters. The molecule has 0 bridgehead atoms. The van der Waals surface area contributed by atoms with Crippen LogP contribution in [0.3, 0.4) is 0 Å². The smallest absolute Gasteiger partial charge is 0.0812 e. The molecule has 1 aromatic carbocycles. The zero-order valence-electron chi connectivity index (χ0n) is 7.64. The van der Waals surface area contributed by atoms with Gasteiger partial charge in [0.05, 0.1) is 11.4 Å². The molecular formula is C12H10N2. The van der Waals surface area contributed by atoms with Crippen LogP contribution >= 0.6 is 0 Å². The van der Waals surface area contributed by atoms with Crippen LogP contribution in [0.25, 0.3) is 11.3 Å². The summed E-state index contributed by atoms with van der Waals surface area (Å²) in [6.07, 6.45) is 1.26. The van der Waals surface area contributed by atoms with Crippen LogP contribution in [-0.2, 0) is 0 Å². The Morgan fingerprint density at radius 1 is 0.929 bits per heavy atom. The summed E-state index contributed by atoms with van der Waals surface area (Å²) in [4.78, 5) is 4.32. The molecule has 1 N–H and O–H groups in total. The lowest BCUT2D eigenvalue weighted by molar-refractivity contribution is 1.29. The number of benzene rings is 1. The fourth-order valence-corrected chi connectivity index (χ4v) is 1.30. The van der Waals surface area contributed by atoms with Crippen LogP contribution in [0.5, 0.6) is 0 Å². The van der Waals surface area contributed by atoms with Crippen LogP contribution in [0, 0.1) is 5.41 Å². The highest BCUT2D eigenvalue weighted by Crippen LogP contribution is 2.15. The van der Waals surface area contributed by atoms with Crippen LogP contribution < -0.4 is 0 Å². The van der Waals surface area contributed by atoms with Crippen molar-refractivity contribution < 1.29 is 0 Å². The largest absolute Gasteiger partial charge is 0.307 e. The topological polar surface area (TPSA) is 36.7 Å². The van der Waals surface area contributed by atoms with Gasteiger partial charge in [0.25, 0.3) is 0 Å². The minimum Gasteiger partial charge on any atom is -0.307 e. The molecule has 0 radical (unpaired) electrons. The number of rotatable bonds is 2. The van der Waals surface area contributed by atoms with Crippen LogP contribution in [-0.4, -0.2) is 11.2 Å². The van der Waals surface area contributed by atoms with Gasteiger partial charge in [-0.05, 0) is 12.1 Å². The number of hydrogen-bond acceptors (Lipinski definition) is 2. The highest BCUT2D eigenvalue weighted by atomic mass is 14.7. The van der Waals surface area contributed by atoms with Gasteiger partial charge in [-0.25, -0.2) is 4.98 Å². The molecule has 2 aromatic rings. The molecule has 1 aromatic heterocycles. The number of nitrogens with zero attached hydrogens (tertiary/aromatic N) is 1. The Kier molecular flexibility index (Phi) is 2.36. The van der Waals surface area contributed by atoms with Gasteiger partial charge in [0.2, 0.25) is 0 Å². The second-order valence-electron chi connectivity index (χ2n) is 2.96. The Morgan fingerprint density at radius 3 is 2.43 bits per heavy atom. The molecule has 0 amide bonds. The Balaban J connectivity index is 2.47. The van der Waals surface area contributed by atoms with E-state index in [1.54, 1.807) is 0 Å². The summed E-state index contributed by atoms with van der Waals surface area (Å²) in [5.41, 5.74) is 2.68.